The van der Waals surface area contributed by atoms with E-state index in [1.807, 2.05) is 0 Å². The molecule has 16 nitrogen and oxygen atoms in total. The third kappa shape index (κ3) is 7.04. The molecule has 2 heterocycles. The van der Waals surface area contributed by atoms with E-state index in [1.165, 1.54) is 0 Å². The minimum Gasteiger partial charge on any atom is -0.394 e. The molecule has 0 radical (unpaired) electrons. The Morgan fingerprint density at radius 3 is 2.32 bits per heavy atom. The van der Waals surface area contributed by atoms with Gasteiger partial charge in [0.25, 0.3) is 0 Å². The average molecular weight is 551 g/mol. The Morgan fingerprint density at radius 1 is 1.00 bits per heavy atom. The van der Waals surface area contributed by atoms with Gasteiger partial charge in [-0.1, -0.05) is 12.2 Å². The normalized spacial score (nSPS) is 44.5. The van der Waals surface area contributed by atoms with Crippen LogP contribution in [0.15, 0.2) is 12.2 Å². The Labute approximate surface area is 220 Å². The number of aliphatic hydroxyl groups is 5. The summed E-state index contributed by atoms with van der Waals surface area (Å²) in [5, 5.41) is 54.3. The van der Waals surface area contributed by atoms with Crippen LogP contribution in [0.4, 0.5) is 0 Å². The molecule has 0 aromatic rings. The number of nitrogens with two attached hydrogens (primary N) is 5. The number of rotatable bonds is 10. The highest BCUT2D eigenvalue weighted by Crippen LogP contribution is 2.31. The molecule has 16 heteroatoms. The molecule has 2 aliphatic heterocycles. The molecule has 0 bridgehead atoms. The molecule has 0 aromatic carbocycles. The van der Waals surface area contributed by atoms with Crippen LogP contribution in [0.3, 0.4) is 0 Å². The SMILES string of the molecule is NCC[C@H](O)C(=O)N[C@@H]1C[C@H](N)C(O[C@H]2OC(CN)C=CC2N)C(O)[C@H]1O[C@H]1OC(CO)[C@H](O)[C@H](N)C1O. The van der Waals surface area contributed by atoms with Gasteiger partial charge in [0.1, 0.15) is 42.7 Å². The van der Waals surface area contributed by atoms with Crippen molar-refractivity contribution >= 4 is 5.91 Å². The molecule has 1 saturated heterocycles. The van der Waals surface area contributed by atoms with Gasteiger partial charge >= 0.3 is 0 Å². The minimum atomic E-state index is -1.56. The van der Waals surface area contributed by atoms with Crippen LogP contribution in [0.5, 0.6) is 0 Å². The molecule has 0 aromatic heterocycles. The standard InChI is InChI=1S/C22H42N6O10/c23-4-3-12(30)20(34)28-11-5-10(26)18(37-21-9(25)2-1-8(6-24)35-21)17(33)19(11)38-22-16(32)14(27)15(31)13(7-29)36-22/h1-2,8-19,21-22,29-33H,3-7,23-27H2,(H,28,34)/t8?,9?,10-,11+,12-,13?,14-,15-,16?,17?,18?,19-,21+,22+/m0/s1. The summed E-state index contributed by atoms with van der Waals surface area (Å²) >= 11 is 0. The maximum atomic E-state index is 12.6. The third-order valence-electron chi connectivity index (χ3n) is 7.01. The number of carbonyl (C=O) groups is 1. The Balaban J connectivity index is 1.83. The molecule has 38 heavy (non-hydrogen) atoms. The van der Waals surface area contributed by atoms with Crippen molar-refractivity contribution < 1.29 is 49.3 Å². The summed E-state index contributed by atoms with van der Waals surface area (Å²) in [5.41, 5.74) is 29.4. The van der Waals surface area contributed by atoms with Crippen LogP contribution >= 0.6 is 0 Å². The second-order valence-electron chi connectivity index (χ2n) is 9.82. The first-order valence-electron chi connectivity index (χ1n) is 12.6. The number of amides is 1. The predicted molar refractivity (Wildman–Crippen MR) is 131 cm³/mol. The summed E-state index contributed by atoms with van der Waals surface area (Å²) in [6, 6.07) is -3.77. The monoisotopic (exact) mass is 550 g/mol. The van der Waals surface area contributed by atoms with Crippen LogP contribution in [0.2, 0.25) is 0 Å². The van der Waals surface area contributed by atoms with Gasteiger partial charge in [-0.15, -0.1) is 0 Å². The van der Waals surface area contributed by atoms with Crippen molar-refractivity contribution in [3.05, 3.63) is 12.2 Å². The molecule has 16 N–H and O–H groups in total. The van der Waals surface area contributed by atoms with E-state index in [1.54, 1.807) is 12.2 Å². The van der Waals surface area contributed by atoms with E-state index in [4.69, 9.17) is 47.6 Å². The summed E-state index contributed by atoms with van der Waals surface area (Å²) in [7, 11) is 0. The third-order valence-corrected chi connectivity index (χ3v) is 7.01. The van der Waals surface area contributed by atoms with Gasteiger partial charge in [0.05, 0.1) is 30.8 Å². The van der Waals surface area contributed by atoms with Gasteiger partial charge < -0.3 is 78.5 Å². The summed E-state index contributed by atoms with van der Waals surface area (Å²) in [5.74, 6) is -0.771. The van der Waals surface area contributed by atoms with Gasteiger partial charge in [-0.3, -0.25) is 4.79 Å². The van der Waals surface area contributed by atoms with Gasteiger partial charge in [0.2, 0.25) is 5.91 Å². The van der Waals surface area contributed by atoms with Crippen molar-refractivity contribution in [3.8, 4) is 0 Å². The van der Waals surface area contributed by atoms with Crippen molar-refractivity contribution in [2.45, 2.75) is 98.4 Å². The smallest absolute Gasteiger partial charge is 0.249 e. The highest BCUT2D eigenvalue weighted by molar-refractivity contribution is 5.80. The lowest BCUT2D eigenvalue weighted by Gasteiger charge is -2.48. The molecule has 220 valence electrons. The van der Waals surface area contributed by atoms with Gasteiger partial charge in [-0.05, 0) is 19.4 Å². The van der Waals surface area contributed by atoms with Gasteiger partial charge in [0, 0.05) is 12.6 Å². The first-order chi connectivity index (χ1) is 18.0. The Bertz CT molecular complexity index is 796. The second kappa shape index (κ2) is 13.8. The average Bonchev–Trinajstić information content (AvgIpc) is 2.89. The summed E-state index contributed by atoms with van der Waals surface area (Å²) in [6.07, 6.45) is -9.11. The number of hydrogen-bond acceptors (Lipinski definition) is 15. The second-order valence-corrected chi connectivity index (χ2v) is 9.82. The number of nitrogens with one attached hydrogen (secondary N) is 1. The van der Waals surface area contributed by atoms with Crippen LogP contribution in [-0.2, 0) is 23.7 Å². The van der Waals surface area contributed by atoms with Crippen molar-refractivity contribution in [2.75, 3.05) is 19.7 Å². The lowest BCUT2D eigenvalue weighted by atomic mass is 9.83. The van der Waals surface area contributed by atoms with Crippen molar-refractivity contribution in [1.82, 2.24) is 5.32 Å². The topological polar surface area (TPSA) is 297 Å². The van der Waals surface area contributed by atoms with Crippen molar-refractivity contribution in [2.24, 2.45) is 28.7 Å². The molecule has 0 spiro atoms. The van der Waals surface area contributed by atoms with Crippen molar-refractivity contribution in [1.29, 1.82) is 0 Å². The van der Waals surface area contributed by atoms with E-state index in [2.05, 4.69) is 5.32 Å². The van der Waals surface area contributed by atoms with Gasteiger partial charge in [0.15, 0.2) is 12.6 Å². The first kappa shape index (κ1) is 31.2. The minimum absolute atomic E-state index is 0.00646. The maximum absolute atomic E-state index is 12.6. The Hall–Kier alpha value is -1.35. The van der Waals surface area contributed by atoms with Gasteiger partial charge in [-0.2, -0.15) is 0 Å². The molecule has 1 aliphatic carbocycles. The fourth-order valence-electron chi connectivity index (χ4n) is 4.75. The maximum Gasteiger partial charge on any atom is 0.249 e. The van der Waals surface area contributed by atoms with Gasteiger partial charge in [-0.25, -0.2) is 0 Å². The molecule has 3 aliphatic rings. The van der Waals surface area contributed by atoms with E-state index >= 15 is 0 Å². The number of hydrogen-bond donors (Lipinski definition) is 11. The zero-order chi connectivity index (χ0) is 28.1. The van der Waals surface area contributed by atoms with Crippen LogP contribution in [0.1, 0.15) is 12.8 Å². The van der Waals surface area contributed by atoms with E-state index in [-0.39, 0.29) is 25.9 Å². The summed E-state index contributed by atoms with van der Waals surface area (Å²) in [4.78, 5) is 12.6. The molecule has 2 fully saturated rings. The van der Waals surface area contributed by atoms with Crippen molar-refractivity contribution in [3.63, 3.8) is 0 Å². The van der Waals surface area contributed by atoms with E-state index in [0.717, 1.165) is 0 Å². The zero-order valence-electron chi connectivity index (χ0n) is 20.9. The Morgan fingerprint density at radius 2 is 1.68 bits per heavy atom. The predicted octanol–water partition coefficient (Wildman–Crippen LogP) is -6.62. The number of ether oxygens (including phenoxy) is 4. The fourth-order valence-corrected chi connectivity index (χ4v) is 4.75. The largest absolute Gasteiger partial charge is 0.394 e. The Kier molecular flexibility index (Phi) is 11.3. The fraction of sp³-hybridized carbons (Fsp3) is 0.864. The van der Waals surface area contributed by atoms with Crippen LogP contribution < -0.4 is 34.0 Å². The molecule has 1 saturated carbocycles. The highest BCUT2D eigenvalue weighted by atomic mass is 16.7. The summed E-state index contributed by atoms with van der Waals surface area (Å²) in [6.45, 7) is -0.395. The van der Waals surface area contributed by atoms with Crippen LogP contribution in [0.25, 0.3) is 0 Å². The molecule has 3 rings (SSSR count). The van der Waals surface area contributed by atoms with Crippen LogP contribution in [-0.4, -0.2) is 137 Å². The van der Waals surface area contributed by atoms with E-state index in [0.29, 0.717) is 0 Å². The van der Waals surface area contributed by atoms with E-state index < -0.39 is 98.1 Å². The summed E-state index contributed by atoms with van der Waals surface area (Å²) < 4.78 is 23.1. The molecule has 6 unspecified atom stereocenters. The molecule has 1 amide bonds. The highest BCUT2D eigenvalue weighted by Gasteiger charge is 2.51. The lowest BCUT2D eigenvalue weighted by molar-refractivity contribution is -0.312. The zero-order valence-corrected chi connectivity index (χ0v) is 20.9. The number of aliphatic hydroxyl groups excluding tert-OH is 5. The van der Waals surface area contributed by atoms with Crippen LogP contribution in [0, 0.1) is 0 Å². The number of carbonyl (C=O) groups excluding carboxylic acids is 1. The van der Waals surface area contributed by atoms with E-state index in [9.17, 15) is 30.3 Å². The molecular formula is C22H42N6O10. The molecular weight excluding hydrogens is 508 g/mol. The molecule has 14 atom stereocenters. The first-order valence-corrected chi connectivity index (χ1v) is 12.6. The lowest BCUT2D eigenvalue weighted by Crippen LogP contribution is -2.69. The quantitative estimate of drug-likeness (QED) is 0.113.